The van der Waals surface area contributed by atoms with Gasteiger partial charge in [0.05, 0.1) is 0 Å². The Morgan fingerprint density at radius 2 is 2.07 bits per heavy atom. The number of nitrogens with two attached hydrogens (primary N) is 1. The van der Waals surface area contributed by atoms with E-state index in [4.69, 9.17) is 5.73 Å². The first kappa shape index (κ1) is 11.1. The van der Waals surface area contributed by atoms with Crippen LogP contribution in [0.3, 0.4) is 0 Å². The lowest BCUT2D eigenvalue weighted by Crippen LogP contribution is -2.49. The van der Waals surface area contributed by atoms with Gasteiger partial charge in [0.25, 0.3) is 0 Å². The molecule has 0 bridgehead atoms. The maximum Gasteiger partial charge on any atom is 0.0305 e. The van der Waals surface area contributed by atoms with Crippen molar-refractivity contribution < 1.29 is 0 Å². The molecule has 1 fully saturated rings. The Hall–Kier alpha value is -0.380. The van der Waals surface area contributed by atoms with Gasteiger partial charge in [0.2, 0.25) is 0 Å². The molecule has 2 nitrogen and oxygen atoms in total. The molecule has 0 radical (unpaired) electrons. The first-order valence-electron chi connectivity index (χ1n) is 5.43. The highest BCUT2D eigenvalue weighted by molar-refractivity contribution is 9.10. The van der Waals surface area contributed by atoms with Crippen molar-refractivity contribution in [3.8, 4) is 0 Å². The van der Waals surface area contributed by atoms with E-state index >= 15 is 0 Å². The van der Waals surface area contributed by atoms with Crippen LogP contribution >= 0.6 is 15.9 Å². The average molecular weight is 269 g/mol. The van der Waals surface area contributed by atoms with Crippen LogP contribution in [-0.4, -0.2) is 12.1 Å². The summed E-state index contributed by atoms with van der Waals surface area (Å²) in [7, 11) is 0. The monoisotopic (exact) mass is 268 g/mol. The van der Waals surface area contributed by atoms with Crippen LogP contribution in [0.5, 0.6) is 0 Å². The van der Waals surface area contributed by atoms with Gasteiger partial charge in [-0.1, -0.05) is 34.1 Å². The molecule has 82 valence electrons. The molecule has 1 unspecified atom stereocenters. The molecule has 1 aromatic carbocycles. The van der Waals surface area contributed by atoms with E-state index < -0.39 is 0 Å². The van der Waals surface area contributed by atoms with Gasteiger partial charge in [0.15, 0.2) is 0 Å². The van der Waals surface area contributed by atoms with Gasteiger partial charge in [-0.15, -0.1) is 0 Å². The number of rotatable bonds is 3. The molecule has 0 aliphatic heterocycles. The van der Waals surface area contributed by atoms with Crippen molar-refractivity contribution in [1.29, 1.82) is 0 Å². The van der Waals surface area contributed by atoms with Crippen molar-refractivity contribution in [1.82, 2.24) is 5.32 Å². The SMILES string of the molecule is CC(NC1CC(N)C1)c1ccccc1Br. The fourth-order valence-corrected chi connectivity index (χ4v) is 2.70. The van der Waals surface area contributed by atoms with Gasteiger partial charge in [-0.25, -0.2) is 0 Å². The van der Waals surface area contributed by atoms with Crippen LogP contribution in [0, 0.1) is 0 Å². The summed E-state index contributed by atoms with van der Waals surface area (Å²) in [6.45, 7) is 2.20. The summed E-state index contributed by atoms with van der Waals surface area (Å²) < 4.78 is 1.17. The van der Waals surface area contributed by atoms with E-state index in [9.17, 15) is 0 Å². The van der Waals surface area contributed by atoms with Crippen molar-refractivity contribution in [2.45, 2.75) is 37.9 Å². The highest BCUT2D eigenvalue weighted by Crippen LogP contribution is 2.26. The average Bonchev–Trinajstić information content (AvgIpc) is 2.16. The molecule has 1 aliphatic carbocycles. The lowest BCUT2D eigenvalue weighted by molar-refractivity contribution is 0.272. The van der Waals surface area contributed by atoms with Gasteiger partial charge in [-0.2, -0.15) is 0 Å². The quantitative estimate of drug-likeness (QED) is 0.885. The smallest absolute Gasteiger partial charge is 0.0305 e. The third-order valence-corrected chi connectivity index (χ3v) is 3.75. The van der Waals surface area contributed by atoms with E-state index in [2.05, 4.69) is 46.4 Å². The second-order valence-electron chi connectivity index (χ2n) is 4.34. The second kappa shape index (κ2) is 4.64. The predicted molar refractivity (Wildman–Crippen MR) is 66.7 cm³/mol. The van der Waals surface area contributed by atoms with Crippen molar-refractivity contribution in [2.24, 2.45) is 5.73 Å². The molecule has 1 saturated carbocycles. The Balaban J connectivity index is 1.96. The molecule has 0 aromatic heterocycles. The van der Waals surface area contributed by atoms with Crippen LogP contribution in [0.25, 0.3) is 0 Å². The normalized spacial score (nSPS) is 27.1. The standard InChI is InChI=1S/C12H17BrN2/c1-8(15-10-6-9(14)7-10)11-4-2-3-5-12(11)13/h2-5,8-10,15H,6-7,14H2,1H3. The zero-order chi connectivity index (χ0) is 10.8. The Bertz CT molecular complexity index is 334. The maximum atomic E-state index is 5.76. The van der Waals surface area contributed by atoms with Crippen molar-refractivity contribution in [2.75, 3.05) is 0 Å². The first-order chi connectivity index (χ1) is 7.16. The van der Waals surface area contributed by atoms with Crippen LogP contribution in [0.4, 0.5) is 0 Å². The maximum absolute atomic E-state index is 5.76. The third kappa shape index (κ3) is 2.60. The van der Waals surface area contributed by atoms with E-state index in [1.165, 1.54) is 10.0 Å². The molecule has 1 aliphatic rings. The predicted octanol–water partition coefficient (Wildman–Crippen LogP) is 2.59. The topological polar surface area (TPSA) is 38.0 Å². The summed E-state index contributed by atoms with van der Waals surface area (Å²) in [6.07, 6.45) is 2.21. The number of benzene rings is 1. The van der Waals surface area contributed by atoms with Gasteiger partial charge in [0.1, 0.15) is 0 Å². The Morgan fingerprint density at radius 3 is 2.67 bits per heavy atom. The minimum atomic E-state index is 0.387. The molecule has 0 saturated heterocycles. The molecule has 0 spiro atoms. The van der Waals surface area contributed by atoms with Gasteiger partial charge in [0, 0.05) is 22.6 Å². The van der Waals surface area contributed by atoms with Crippen LogP contribution in [0.1, 0.15) is 31.4 Å². The summed E-state index contributed by atoms with van der Waals surface area (Å²) in [4.78, 5) is 0. The molecule has 1 aromatic rings. The third-order valence-electron chi connectivity index (χ3n) is 3.03. The van der Waals surface area contributed by atoms with Crippen LogP contribution in [0.2, 0.25) is 0 Å². The highest BCUT2D eigenvalue weighted by Gasteiger charge is 2.27. The van der Waals surface area contributed by atoms with E-state index in [-0.39, 0.29) is 0 Å². The number of halogens is 1. The fourth-order valence-electron chi connectivity index (χ4n) is 2.07. The van der Waals surface area contributed by atoms with Gasteiger partial charge >= 0.3 is 0 Å². The molecule has 1 atom stereocenters. The second-order valence-corrected chi connectivity index (χ2v) is 5.19. The summed E-state index contributed by atoms with van der Waals surface area (Å²) >= 11 is 3.57. The molecule has 2 rings (SSSR count). The van der Waals surface area contributed by atoms with Crippen molar-refractivity contribution >= 4 is 15.9 Å². The van der Waals surface area contributed by atoms with E-state index in [0.29, 0.717) is 18.1 Å². The van der Waals surface area contributed by atoms with E-state index in [0.717, 1.165) is 12.8 Å². The van der Waals surface area contributed by atoms with Gasteiger partial charge in [-0.3, -0.25) is 0 Å². The lowest BCUT2D eigenvalue weighted by Gasteiger charge is -2.35. The van der Waals surface area contributed by atoms with Crippen LogP contribution in [0.15, 0.2) is 28.7 Å². The molecule has 0 amide bonds. The van der Waals surface area contributed by atoms with Crippen molar-refractivity contribution in [3.63, 3.8) is 0 Å². The van der Waals surface area contributed by atoms with Crippen LogP contribution in [-0.2, 0) is 0 Å². The molecule has 0 heterocycles. The minimum Gasteiger partial charge on any atom is -0.328 e. The Kier molecular flexibility index (Phi) is 3.44. The highest BCUT2D eigenvalue weighted by atomic mass is 79.9. The summed E-state index contributed by atoms with van der Waals surface area (Å²) in [6, 6.07) is 9.75. The minimum absolute atomic E-state index is 0.387. The van der Waals surface area contributed by atoms with Crippen LogP contribution < -0.4 is 11.1 Å². The summed E-state index contributed by atoms with van der Waals surface area (Å²) in [5, 5.41) is 3.59. The Labute approximate surface area is 99.4 Å². The van der Waals surface area contributed by atoms with E-state index in [1.807, 2.05) is 6.07 Å². The Morgan fingerprint density at radius 1 is 1.40 bits per heavy atom. The molecule has 3 heteroatoms. The van der Waals surface area contributed by atoms with Gasteiger partial charge < -0.3 is 11.1 Å². The molecule has 15 heavy (non-hydrogen) atoms. The number of hydrogen-bond acceptors (Lipinski definition) is 2. The van der Waals surface area contributed by atoms with E-state index in [1.54, 1.807) is 0 Å². The zero-order valence-corrected chi connectivity index (χ0v) is 10.5. The fraction of sp³-hybridized carbons (Fsp3) is 0.500. The summed E-state index contributed by atoms with van der Waals surface area (Å²) in [5.74, 6) is 0. The molecular weight excluding hydrogens is 252 g/mol. The number of nitrogens with one attached hydrogen (secondary N) is 1. The molecular formula is C12H17BrN2. The summed E-state index contributed by atoms with van der Waals surface area (Å²) in [5.41, 5.74) is 7.08. The largest absolute Gasteiger partial charge is 0.328 e. The number of hydrogen-bond donors (Lipinski definition) is 2. The van der Waals surface area contributed by atoms with Gasteiger partial charge in [-0.05, 0) is 31.4 Å². The molecule has 3 N–H and O–H groups in total. The first-order valence-corrected chi connectivity index (χ1v) is 6.22. The zero-order valence-electron chi connectivity index (χ0n) is 8.91. The van der Waals surface area contributed by atoms with Crippen molar-refractivity contribution in [3.05, 3.63) is 34.3 Å². The lowest BCUT2D eigenvalue weighted by atomic mass is 9.87.